The molecule has 0 saturated heterocycles. The van der Waals surface area contributed by atoms with Crippen LogP contribution in [0.3, 0.4) is 0 Å². The first kappa shape index (κ1) is 19.9. The number of carbonyl (C=O) groups is 1. The minimum Gasteiger partial charge on any atom is -0.495 e. The van der Waals surface area contributed by atoms with Crippen LogP contribution in [-0.4, -0.2) is 23.0 Å². The molecule has 1 aromatic heterocycles. The number of hydrogen-bond acceptors (Lipinski definition) is 6. The Kier molecular flexibility index (Phi) is 6.09. The van der Waals surface area contributed by atoms with E-state index in [0.717, 1.165) is 16.8 Å². The van der Waals surface area contributed by atoms with E-state index in [1.165, 1.54) is 6.08 Å². The molecular formula is C22H22N4O3. The van der Waals surface area contributed by atoms with Gasteiger partial charge in [0.25, 0.3) is 0 Å². The monoisotopic (exact) mass is 390 g/mol. The van der Waals surface area contributed by atoms with E-state index in [4.69, 9.17) is 9.47 Å². The van der Waals surface area contributed by atoms with Gasteiger partial charge in [0.05, 0.1) is 12.8 Å². The summed E-state index contributed by atoms with van der Waals surface area (Å²) in [6, 6.07) is 12.8. The summed E-state index contributed by atoms with van der Waals surface area (Å²) >= 11 is 0. The molecule has 1 heterocycles. The Hall–Kier alpha value is -3.87. The lowest BCUT2D eigenvalue weighted by Crippen LogP contribution is -2.07. The summed E-state index contributed by atoms with van der Waals surface area (Å²) in [5.74, 6) is 1.72. The average molecular weight is 390 g/mol. The molecule has 2 N–H and O–H groups in total. The Balaban J connectivity index is 1.82. The van der Waals surface area contributed by atoms with Crippen LogP contribution in [0, 0.1) is 13.8 Å². The van der Waals surface area contributed by atoms with Crippen molar-refractivity contribution in [2.24, 2.45) is 0 Å². The van der Waals surface area contributed by atoms with Crippen molar-refractivity contribution >= 4 is 23.2 Å². The minimum atomic E-state index is -0.293. The molecular weight excluding hydrogens is 368 g/mol. The molecule has 3 rings (SSSR count). The van der Waals surface area contributed by atoms with E-state index in [9.17, 15) is 4.79 Å². The third-order valence-electron chi connectivity index (χ3n) is 4.03. The summed E-state index contributed by atoms with van der Waals surface area (Å²) in [7, 11) is 1.61. The average Bonchev–Trinajstić information content (AvgIpc) is 2.72. The summed E-state index contributed by atoms with van der Waals surface area (Å²) in [5, 5.41) is 5.85. The molecule has 2 aromatic carbocycles. The lowest BCUT2D eigenvalue weighted by Gasteiger charge is -2.13. The van der Waals surface area contributed by atoms with Crippen LogP contribution in [-0.2, 0) is 4.79 Å². The quantitative estimate of drug-likeness (QED) is 0.566. The van der Waals surface area contributed by atoms with E-state index in [-0.39, 0.29) is 5.91 Å². The molecule has 0 saturated carbocycles. The lowest BCUT2D eigenvalue weighted by atomic mass is 10.2. The number of aryl methyl sites for hydroxylation is 2. The topological polar surface area (TPSA) is 85.4 Å². The number of amides is 1. The van der Waals surface area contributed by atoms with Gasteiger partial charge in [0.15, 0.2) is 0 Å². The number of hydrogen-bond donors (Lipinski definition) is 2. The van der Waals surface area contributed by atoms with Crippen molar-refractivity contribution in [3.8, 4) is 17.4 Å². The van der Waals surface area contributed by atoms with Crippen LogP contribution in [0.25, 0.3) is 0 Å². The van der Waals surface area contributed by atoms with Crippen LogP contribution in [0.4, 0.5) is 17.3 Å². The van der Waals surface area contributed by atoms with Crippen molar-refractivity contribution in [3.63, 3.8) is 0 Å². The molecule has 0 fully saturated rings. The first-order valence-electron chi connectivity index (χ1n) is 8.95. The molecule has 7 heteroatoms. The van der Waals surface area contributed by atoms with E-state index in [1.54, 1.807) is 37.6 Å². The molecule has 0 atom stereocenters. The second-order valence-electron chi connectivity index (χ2n) is 6.33. The maximum atomic E-state index is 11.5. The molecule has 0 bridgehead atoms. The van der Waals surface area contributed by atoms with Crippen LogP contribution >= 0.6 is 0 Å². The first-order valence-corrected chi connectivity index (χ1v) is 8.95. The Bertz CT molecular complexity index is 1050. The van der Waals surface area contributed by atoms with Gasteiger partial charge >= 0.3 is 0 Å². The minimum absolute atomic E-state index is 0.293. The van der Waals surface area contributed by atoms with E-state index in [2.05, 4.69) is 27.2 Å². The molecule has 0 aliphatic carbocycles. The molecule has 1 amide bonds. The van der Waals surface area contributed by atoms with E-state index >= 15 is 0 Å². The standard InChI is InChI=1S/C22H22N4O3/c1-5-20(27)24-16-7-6-8-17(12-16)29-21-15(3)13-23-22(26-21)25-18-10-9-14(2)11-19(18)28-4/h5-13H,1H2,2-4H3,(H,24,27)(H,23,25,26). The summed E-state index contributed by atoms with van der Waals surface area (Å²) in [4.78, 5) is 20.3. The van der Waals surface area contributed by atoms with Gasteiger partial charge in [-0.1, -0.05) is 18.7 Å². The number of rotatable bonds is 7. The van der Waals surface area contributed by atoms with Crippen LogP contribution in [0.15, 0.2) is 61.3 Å². The predicted molar refractivity (Wildman–Crippen MR) is 113 cm³/mol. The Morgan fingerprint density at radius 3 is 2.76 bits per heavy atom. The number of ether oxygens (including phenoxy) is 2. The van der Waals surface area contributed by atoms with Crippen LogP contribution in [0.5, 0.6) is 17.4 Å². The van der Waals surface area contributed by atoms with Gasteiger partial charge in [-0.2, -0.15) is 4.98 Å². The Labute approximate surface area is 169 Å². The number of nitrogens with zero attached hydrogens (tertiary/aromatic N) is 2. The van der Waals surface area contributed by atoms with Gasteiger partial charge in [-0.25, -0.2) is 4.98 Å². The van der Waals surface area contributed by atoms with E-state index in [0.29, 0.717) is 29.0 Å². The Morgan fingerprint density at radius 2 is 2.00 bits per heavy atom. The van der Waals surface area contributed by atoms with Crippen molar-refractivity contribution in [3.05, 3.63) is 72.4 Å². The predicted octanol–water partition coefficient (Wildman–Crippen LogP) is 4.76. The zero-order valence-corrected chi connectivity index (χ0v) is 16.5. The van der Waals surface area contributed by atoms with Crippen molar-refractivity contribution in [1.82, 2.24) is 9.97 Å². The van der Waals surface area contributed by atoms with Gasteiger partial charge in [0.1, 0.15) is 11.5 Å². The fraction of sp³-hybridized carbons (Fsp3) is 0.136. The zero-order valence-electron chi connectivity index (χ0n) is 16.5. The number of aromatic nitrogens is 2. The third-order valence-corrected chi connectivity index (χ3v) is 4.03. The van der Waals surface area contributed by atoms with Crippen molar-refractivity contribution in [2.75, 3.05) is 17.7 Å². The fourth-order valence-electron chi connectivity index (χ4n) is 2.55. The van der Waals surface area contributed by atoms with Gasteiger partial charge in [-0.3, -0.25) is 4.79 Å². The number of anilines is 3. The fourth-order valence-corrected chi connectivity index (χ4v) is 2.55. The van der Waals surface area contributed by atoms with Gasteiger partial charge in [-0.15, -0.1) is 0 Å². The number of benzene rings is 2. The van der Waals surface area contributed by atoms with E-state index < -0.39 is 0 Å². The maximum Gasteiger partial charge on any atom is 0.247 e. The molecule has 3 aromatic rings. The highest BCUT2D eigenvalue weighted by Crippen LogP contribution is 2.30. The first-order chi connectivity index (χ1) is 14.0. The van der Waals surface area contributed by atoms with Gasteiger partial charge in [0.2, 0.25) is 17.7 Å². The molecule has 7 nitrogen and oxygen atoms in total. The van der Waals surface area contributed by atoms with Crippen molar-refractivity contribution in [2.45, 2.75) is 13.8 Å². The van der Waals surface area contributed by atoms with Gasteiger partial charge in [-0.05, 0) is 49.8 Å². The molecule has 148 valence electrons. The van der Waals surface area contributed by atoms with Crippen LogP contribution in [0.2, 0.25) is 0 Å². The van der Waals surface area contributed by atoms with Crippen molar-refractivity contribution in [1.29, 1.82) is 0 Å². The van der Waals surface area contributed by atoms with Gasteiger partial charge < -0.3 is 20.1 Å². The molecule has 0 radical (unpaired) electrons. The summed E-state index contributed by atoms with van der Waals surface area (Å²) in [5.41, 5.74) is 3.21. The number of methoxy groups -OCH3 is 1. The molecule has 0 unspecified atom stereocenters. The molecule has 0 spiro atoms. The van der Waals surface area contributed by atoms with E-state index in [1.807, 2.05) is 32.0 Å². The third kappa shape index (κ3) is 5.10. The lowest BCUT2D eigenvalue weighted by molar-refractivity contribution is -0.111. The Morgan fingerprint density at radius 1 is 1.17 bits per heavy atom. The zero-order chi connectivity index (χ0) is 20.8. The molecule has 29 heavy (non-hydrogen) atoms. The second kappa shape index (κ2) is 8.88. The number of nitrogens with one attached hydrogen (secondary N) is 2. The SMILES string of the molecule is C=CC(=O)Nc1cccc(Oc2nc(Nc3ccc(C)cc3OC)ncc2C)c1. The highest BCUT2D eigenvalue weighted by molar-refractivity contribution is 5.98. The summed E-state index contributed by atoms with van der Waals surface area (Å²) in [6.45, 7) is 7.29. The number of carbonyl (C=O) groups excluding carboxylic acids is 1. The van der Waals surface area contributed by atoms with Crippen molar-refractivity contribution < 1.29 is 14.3 Å². The molecule has 0 aliphatic heterocycles. The largest absolute Gasteiger partial charge is 0.495 e. The van der Waals surface area contributed by atoms with Crippen LogP contribution < -0.4 is 20.1 Å². The highest BCUT2D eigenvalue weighted by atomic mass is 16.5. The normalized spacial score (nSPS) is 10.2. The molecule has 0 aliphatic rings. The maximum absolute atomic E-state index is 11.5. The smallest absolute Gasteiger partial charge is 0.247 e. The second-order valence-corrected chi connectivity index (χ2v) is 6.33. The summed E-state index contributed by atoms with van der Waals surface area (Å²) in [6.07, 6.45) is 2.88. The highest BCUT2D eigenvalue weighted by Gasteiger charge is 2.10. The van der Waals surface area contributed by atoms with Gasteiger partial charge in [0, 0.05) is 23.5 Å². The van der Waals surface area contributed by atoms with Crippen LogP contribution in [0.1, 0.15) is 11.1 Å². The summed E-state index contributed by atoms with van der Waals surface area (Å²) < 4.78 is 11.3.